The summed E-state index contributed by atoms with van der Waals surface area (Å²) >= 11 is 0. The molecule has 2 atom stereocenters. The molecule has 1 fully saturated rings. The summed E-state index contributed by atoms with van der Waals surface area (Å²) in [6.45, 7) is 6.63. The van der Waals surface area contributed by atoms with E-state index in [-0.39, 0.29) is 5.82 Å². The van der Waals surface area contributed by atoms with Gasteiger partial charge >= 0.3 is 0 Å². The van der Waals surface area contributed by atoms with Gasteiger partial charge in [0.1, 0.15) is 5.82 Å². The highest BCUT2D eigenvalue weighted by Gasteiger charge is 2.37. The Morgan fingerprint density at radius 2 is 2.00 bits per heavy atom. The predicted molar refractivity (Wildman–Crippen MR) is 65.0 cm³/mol. The first kappa shape index (κ1) is 11.6. The van der Waals surface area contributed by atoms with E-state index in [0.717, 1.165) is 19.0 Å². The molecule has 1 aromatic carbocycles. The molecular formula is C14H20FN. The Bertz CT molecular complexity index is 331. The SMILES string of the molecule is CC(C)CNCC1CC1c1ccc(F)cc1. The Morgan fingerprint density at radius 3 is 2.62 bits per heavy atom. The van der Waals surface area contributed by atoms with E-state index < -0.39 is 0 Å². The van der Waals surface area contributed by atoms with Gasteiger partial charge in [-0.1, -0.05) is 26.0 Å². The first-order valence-corrected chi connectivity index (χ1v) is 6.13. The van der Waals surface area contributed by atoms with Crippen LogP contribution in [0.15, 0.2) is 24.3 Å². The maximum atomic E-state index is 12.7. The van der Waals surface area contributed by atoms with Gasteiger partial charge in [-0.25, -0.2) is 4.39 Å². The van der Waals surface area contributed by atoms with Gasteiger partial charge in [-0.05, 0) is 55.0 Å². The lowest BCUT2D eigenvalue weighted by atomic mass is 10.1. The average molecular weight is 221 g/mol. The molecule has 1 saturated carbocycles. The van der Waals surface area contributed by atoms with E-state index in [1.54, 1.807) is 12.1 Å². The lowest BCUT2D eigenvalue weighted by molar-refractivity contribution is 0.532. The number of hydrogen-bond acceptors (Lipinski definition) is 1. The van der Waals surface area contributed by atoms with Crippen LogP contribution in [0.1, 0.15) is 31.7 Å². The van der Waals surface area contributed by atoms with Crippen LogP contribution in [0, 0.1) is 17.7 Å². The molecule has 0 aliphatic heterocycles. The van der Waals surface area contributed by atoms with Gasteiger partial charge in [0.2, 0.25) is 0 Å². The van der Waals surface area contributed by atoms with Crippen LogP contribution in [0.4, 0.5) is 4.39 Å². The standard InChI is InChI=1S/C14H20FN/c1-10(2)8-16-9-12-7-14(12)11-3-5-13(15)6-4-11/h3-6,10,12,14,16H,7-9H2,1-2H3. The van der Waals surface area contributed by atoms with Crippen LogP contribution in [-0.4, -0.2) is 13.1 Å². The van der Waals surface area contributed by atoms with E-state index in [2.05, 4.69) is 19.2 Å². The maximum Gasteiger partial charge on any atom is 0.123 e. The van der Waals surface area contributed by atoms with Crippen molar-refractivity contribution >= 4 is 0 Å². The molecule has 88 valence electrons. The second-order valence-electron chi connectivity index (χ2n) is 5.21. The maximum absolute atomic E-state index is 12.7. The number of hydrogen-bond donors (Lipinski definition) is 1. The molecule has 1 aromatic rings. The summed E-state index contributed by atoms with van der Waals surface area (Å²) in [4.78, 5) is 0. The van der Waals surface area contributed by atoms with Crippen LogP contribution < -0.4 is 5.32 Å². The van der Waals surface area contributed by atoms with Gasteiger partial charge < -0.3 is 5.32 Å². The van der Waals surface area contributed by atoms with Crippen LogP contribution >= 0.6 is 0 Å². The Hall–Kier alpha value is -0.890. The van der Waals surface area contributed by atoms with Crippen molar-refractivity contribution in [3.8, 4) is 0 Å². The molecule has 0 aromatic heterocycles. The van der Waals surface area contributed by atoms with Crippen molar-refractivity contribution in [2.75, 3.05) is 13.1 Å². The molecule has 1 nitrogen and oxygen atoms in total. The highest BCUT2D eigenvalue weighted by atomic mass is 19.1. The largest absolute Gasteiger partial charge is 0.316 e. The zero-order valence-corrected chi connectivity index (χ0v) is 10.0. The molecule has 0 bridgehead atoms. The summed E-state index contributed by atoms with van der Waals surface area (Å²) in [6, 6.07) is 6.96. The van der Waals surface area contributed by atoms with Crippen molar-refractivity contribution in [3.05, 3.63) is 35.6 Å². The molecule has 1 aliphatic carbocycles. The number of nitrogens with one attached hydrogen (secondary N) is 1. The fourth-order valence-corrected chi connectivity index (χ4v) is 2.15. The fourth-order valence-electron chi connectivity index (χ4n) is 2.15. The minimum Gasteiger partial charge on any atom is -0.316 e. The molecule has 2 rings (SSSR count). The topological polar surface area (TPSA) is 12.0 Å². The van der Waals surface area contributed by atoms with E-state index in [4.69, 9.17) is 0 Å². The van der Waals surface area contributed by atoms with Gasteiger partial charge in [0.25, 0.3) is 0 Å². The van der Waals surface area contributed by atoms with Crippen molar-refractivity contribution in [2.45, 2.75) is 26.2 Å². The number of halogens is 1. The van der Waals surface area contributed by atoms with Gasteiger partial charge in [-0.3, -0.25) is 0 Å². The summed E-state index contributed by atoms with van der Waals surface area (Å²) in [7, 11) is 0. The summed E-state index contributed by atoms with van der Waals surface area (Å²) in [6.07, 6.45) is 1.25. The average Bonchev–Trinajstić information content (AvgIpc) is 2.98. The summed E-state index contributed by atoms with van der Waals surface area (Å²) in [5.74, 6) is 1.98. The highest BCUT2D eigenvalue weighted by molar-refractivity contribution is 5.26. The second kappa shape index (κ2) is 4.96. The van der Waals surface area contributed by atoms with Crippen LogP contribution in [0.25, 0.3) is 0 Å². The van der Waals surface area contributed by atoms with Crippen LogP contribution in [0.2, 0.25) is 0 Å². The molecule has 2 heteroatoms. The second-order valence-corrected chi connectivity index (χ2v) is 5.21. The van der Waals surface area contributed by atoms with Gasteiger partial charge in [0, 0.05) is 0 Å². The molecule has 1 aliphatic rings. The molecule has 0 radical (unpaired) electrons. The van der Waals surface area contributed by atoms with E-state index in [1.165, 1.54) is 12.0 Å². The van der Waals surface area contributed by atoms with Crippen molar-refractivity contribution in [3.63, 3.8) is 0 Å². The zero-order valence-electron chi connectivity index (χ0n) is 10.0. The quantitative estimate of drug-likeness (QED) is 0.805. The molecule has 0 heterocycles. The Balaban J connectivity index is 1.76. The van der Waals surface area contributed by atoms with Gasteiger partial charge in [-0.2, -0.15) is 0 Å². The van der Waals surface area contributed by atoms with E-state index in [0.29, 0.717) is 11.8 Å². The Kier molecular flexibility index (Phi) is 3.59. The smallest absolute Gasteiger partial charge is 0.123 e. The first-order valence-electron chi connectivity index (χ1n) is 6.13. The lowest BCUT2D eigenvalue weighted by Crippen LogP contribution is -2.22. The van der Waals surface area contributed by atoms with Crippen molar-refractivity contribution in [2.24, 2.45) is 11.8 Å². The first-order chi connectivity index (χ1) is 7.66. The number of benzene rings is 1. The third-order valence-corrected chi connectivity index (χ3v) is 3.18. The van der Waals surface area contributed by atoms with Crippen LogP contribution in [0.5, 0.6) is 0 Å². The summed E-state index contributed by atoms with van der Waals surface area (Å²) in [5.41, 5.74) is 1.29. The third kappa shape index (κ3) is 3.05. The predicted octanol–water partition coefficient (Wildman–Crippen LogP) is 3.17. The normalized spacial score (nSPS) is 23.8. The molecule has 1 N–H and O–H groups in total. The summed E-state index contributed by atoms with van der Waals surface area (Å²) < 4.78 is 12.7. The van der Waals surface area contributed by atoms with Gasteiger partial charge in [0.05, 0.1) is 0 Å². The van der Waals surface area contributed by atoms with Gasteiger partial charge in [0.15, 0.2) is 0 Å². The lowest BCUT2D eigenvalue weighted by Gasteiger charge is -2.06. The van der Waals surface area contributed by atoms with E-state index in [9.17, 15) is 4.39 Å². The minimum atomic E-state index is -0.140. The number of rotatable bonds is 5. The minimum absolute atomic E-state index is 0.140. The summed E-state index contributed by atoms with van der Waals surface area (Å²) in [5, 5.41) is 3.48. The molecule has 0 saturated heterocycles. The van der Waals surface area contributed by atoms with Crippen LogP contribution in [-0.2, 0) is 0 Å². The highest BCUT2D eigenvalue weighted by Crippen LogP contribution is 2.46. The van der Waals surface area contributed by atoms with Crippen LogP contribution in [0.3, 0.4) is 0 Å². The van der Waals surface area contributed by atoms with Gasteiger partial charge in [-0.15, -0.1) is 0 Å². The molecule has 0 spiro atoms. The molecular weight excluding hydrogens is 201 g/mol. The molecule has 16 heavy (non-hydrogen) atoms. The Labute approximate surface area is 97.1 Å². The Morgan fingerprint density at radius 1 is 1.31 bits per heavy atom. The monoisotopic (exact) mass is 221 g/mol. The fraction of sp³-hybridized carbons (Fsp3) is 0.571. The van der Waals surface area contributed by atoms with E-state index in [1.807, 2.05) is 12.1 Å². The third-order valence-electron chi connectivity index (χ3n) is 3.18. The zero-order chi connectivity index (χ0) is 11.5. The molecule has 0 amide bonds. The molecule has 2 unspecified atom stereocenters. The van der Waals surface area contributed by atoms with E-state index >= 15 is 0 Å². The van der Waals surface area contributed by atoms with Crippen molar-refractivity contribution < 1.29 is 4.39 Å². The van der Waals surface area contributed by atoms with Crippen molar-refractivity contribution in [1.29, 1.82) is 0 Å². The van der Waals surface area contributed by atoms with Crippen molar-refractivity contribution in [1.82, 2.24) is 5.32 Å².